The minimum atomic E-state index is -3.90. The quantitative estimate of drug-likeness (QED) is 0.269. The normalized spacial score (nSPS) is 15.5. The van der Waals surface area contributed by atoms with Crippen LogP contribution < -0.4 is 10.2 Å². The maximum Gasteiger partial charge on any atom is 0.258 e. The summed E-state index contributed by atoms with van der Waals surface area (Å²) in [6.07, 6.45) is 5.55. The van der Waals surface area contributed by atoms with Crippen molar-refractivity contribution < 1.29 is 23.2 Å². The van der Waals surface area contributed by atoms with E-state index in [0.717, 1.165) is 36.7 Å². The van der Waals surface area contributed by atoms with E-state index in [-0.39, 0.29) is 11.6 Å². The van der Waals surface area contributed by atoms with Crippen molar-refractivity contribution in [2.75, 3.05) is 32.9 Å². The summed E-state index contributed by atoms with van der Waals surface area (Å²) in [6.45, 7) is 5.30. The van der Waals surface area contributed by atoms with E-state index in [4.69, 9.17) is 9.94 Å². The van der Waals surface area contributed by atoms with E-state index in [1.165, 1.54) is 17.6 Å². The molecule has 0 unspecified atom stereocenters. The number of carbonyl (C=O) groups excluding carboxylic acids is 1. The van der Waals surface area contributed by atoms with Crippen LogP contribution in [0.4, 0.5) is 0 Å². The fraction of sp³-hybridized carbons (Fsp3) is 0.500. The monoisotopic (exact) mass is 397 g/mol. The summed E-state index contributed by atoms with van der Waals surface area (Å²) < 4.78 is 32.6. The lowest BCUT2D eigenvalue weighted by atomic mass is 10.1. The molecule has 2 N–H and O–H groups in total. The van der Waals surface area contributed by atoms with Gasteiger partial charge in [0, 0.05) is 0 Å². The van der Waals surface area contributed by atoms with Crippen molar-refractivity contribution in [3.63, 3.8) is 0 Å². The zero-order valence-corrected chi connectivity index (χ0v) is 16.2. The van der Waals surface area contributed by atoms with Crippen molar-refractivity contribution in [2.24, 2.45) is 0 Å². The Balaban J connectivity index is 2.15. The van der Waals surface area contributed by atoms with E-state index in [1.807, 2.05) is 4.90 Å². The number of hydroxylamine groups is 1. The first-order valence-corrected chi connectivity index (χ1v) is 10.4. The highest BCUT2D eigenvalue weighted by Crippen LogP contribution is 2.21. The highest BCUT2D eigenvalue weighted by atomic mass is 32.2. The van der Waals surface area contributed by atoms with Crippen molar-refractivity contribution in [2.45, 2.75) is 30.6 Å². The predicted octanol–water partition coefficient (Wildman–Crippen LogP) is 1.58. The van der Waals surface area contributed by atoms with Crippen LogP contribution in [-0.2, 0) is 14.8 Å². The van der Waals surface area contributed by atoms with Gasteiger partial charge in [0.05, 0.1) is 24.7 Å². The zero-order valence-electron chi connectivity index (χ0n) is 15.3. The highest BCUT2D eigenvalue weighted by molar-refractivity contribution is 7.89. The number of rotatable bonds is 10. The average Bonchev–Trinajstić information content (AvgIpc) is 2.68. The van der Waals surface area contributed by atoms with E-state index in [1.54, 1.807) is 18.2 Å². The SMILES string of the molecule is C=CCCOc1ccc(S(=O)(=O)N(CC(=O)NO)CN2CCCCC2)cc1. The largest absolute Gasteiger partial charge is 0.493 e. The van der Waals surface area contributed by atoms with Crippen LogP contribution >= 0.6 is 0 Å². The van der Waals surface area contributed by atoms with Gasteiger partial charge in [0.2, 0.25) is 10.0 Å². The van der Waals surface area contributed by atoms with Gasteiger partial charge in [-0.1, -0.05) is 12.5 Å². The van der Waals surface area contributed by atoms with Gasteiger partial charge in [0.15, 0.2) is 0 Å². The standard InChI is InChI=1S/C18H27N3O5S/c1-2-3-13-26-16-7-9-17(10-8-16)27(24,25)21(14-18(22)19-23)15-20-11-5-4-6-12-20/h2,7-10,23H,1,3-6,11-15H2,(H,19,22). The summed E-state index contributed by atoms with van der Waals surface area (Å²) in [5.41, 5.74) is 1.50. The van der Waals surface area contributed by atoms with Crippen molar-refractivity contribution in [1.29, 1.82) is 0 Å². The highest BCUT2D eigenvalue weighted by Gasteiger charge is 2.29. The molecular formula is C18H27N3O5S. The predicted molar refractivity (Wildman–Crippen MR) is 101 cm³/mol. The molecule has 27 heavy (non-hydrogen) atoms. The first-order valence-electron chi connectivity index (χ1n) is 8.96. The maximum atomic E-state index is 13.0. The molecule has 0 radical (unpaired) electrons. The lowest BCUT2D eigenvalue weighted by Crippen LogP contribution is -2.47. The van der Waals surface area contributed by atoms with Crippen LogP contribution in [-0.4, -0.2) is 61.6 Å². The molecule has 1 fully saturated rings. The molecule has 0 aliphatic carbocycles. The van der Waals surface area contributed by atoms with E-state index in [2.05, 4.69) is 6.58 Å². The Kier molecular flexibility index (Phi) is 8.23. The van der Waals surface area contributed by atoms with E-state index >= 15 is 0 Å². The van der Waals surface area contributed by atoms with Gasteiger partial charge in [-0.3, -0.25) is 14.9 Å². The smallest absolute Gasteiger partial charge is 0.258 e. The minimum Gasteiger partial charge on any atom is -0.493 e. The first kappa shape index (κ1) is 21.4. The van der Waals surface area contributed by atoms with Crippen molar-refractivity contribution in [1.82, 2.24) is 14.7 Å². The Labute approximate surface area is 160 Å². The van der Waals surface area contributed by atoms with Crippen LogP contribution in [0.25, 0.3) is 0 Å². The summed E-state index contributed by atoms with van der Waals surface area (Å²) >= 11 is 0. The number of likely N-dealkylation sites (tertiary alicyclic amines) is 1. The number of sulfonamides is 1. The van der Waals surface area contributed by atoms with Gasteiger partial charge >= 0.3 is 0 Å². The van der Waals surface area contributed by atoms with Gasteiger partial charge < -0.3 is 4.74 Å². The van der Waals surface area contributed by atoms with Crippen LogP contribution in [0, 0.1) is 0 Å². The average molecular weight is 397 g/mol. The van der Waals surface area contributed by atoms with E-state index in [0.29, 0.717) is 18.8 Å². The van der Waals surface area contributed by atoms with Crippen LogP contribution in [0.15, 0.2) is 41.8 Å². The molecule has 0 saturated carbocycles. The number of hydrogen-bond donors (Lipinski definition) is 2. The molecule has 0 bridgehead atoms. The summed E-state index contributed by atoms with van der Waals surface area (Å²) in [7, 11) is -3.90. The van der Waals surface area contributed by atoms with Gasteiger partial charge in [-0.15, -0.1) is 6.58 Å². The third-order valence-corrected chi connectivity index (χ3v) is 6.10. The number of piperidine rings is 1. The topological polar surface area (TPSA) is 99.2 Å². The summed E-state index contributed by atoms with van der Waals surface area (Å²) in [5, 5.41) is 8.81. The van der Waals surface area contributed by atoms with Gasteiger partial charge in [-0.25, -0.2) is 13.9 Å². The number of carbonyl (C=O) groups is 1. The Morgan fingerprint density at radius 1 is 1.26 bits per heavy atom. The molecule has 150 valence electrons. The molecule has 0 atom stereocenters. The third kappa shape index (κ3) is 6.31. The number of nitrogens with one attached hydrogen (secondary N) is 1. The Morgan fingerprint density at radius 3 is 2.52 bits per heavy atom. The van der Waals surface area contributed by atoms with Crippen molar-refractivity contribution in [3.8, 4) is 5.75 Å². The lowest BCUT2D eigenvalue weighted by molar-refractivity contribution is -0.129. The second-order valence-corrected chi connectivity index (χ2v) is 8.31. The molecule has 1 aromatic rings. The van der Waals surface area contributed by atoms with E-state index < -0.39 is 22.5 Å². The van der Waals surface area contributed by atoms with Crippen molar-refractivity contribution >= 4 is 15.9 Å². The van der Waals surface area contributed by atoms with Gasteiger partial charge in [0.25, 0.3) is 5.91 Å². The third-order valence-electron chi connectivity index (χ3n) is 4.30. The second kappa shape index (κ2) is 10.4. The first-order chi connectivity index (χ1) is 13.0. The number of hydrogen-bond acceptors (Lipinski definition) is 6. The summed E-state index contributed by atoms with van der Waals surface area (Å²) in [6, 6.07) is 6.08. The molecule has 1 aromatic carbocycles. The molecule has 2 rings (SSSR count). The number of nitrogens with zero attached hydrogens (tertiary/aromatic N) is 2. The molecule has 1 saturated heterocycles. The van der Waals surface area contributed by atoms with Crippen LogP contribution in [0.2, 0.25) is 0 Å². The maximum absolute atomic E-state index is 13.0. The molecule has 0 spiro atoms. The Hall–Kier alpha value is -1.94. The summed E-state index contributed by atoms with van der Waals surface area (Å²) in [5.74, 6) is -0.216. The van der Waals surface area contributed by atoms with Crippen LogP contribution in [0.5, 0.6) is 5.75 Å². The molecule has 9 heteroatoms. The zero-order chi connectivity index (χ0) is 19.7. The summed E-state index contributed by atoms with van der Waals surface area (Å²) in [4.78, 5) is 13.7. The van der Waals surface area contributed by atoms with Crippen LogP contribution in [0.1, 0.15) is 25.7 Å². The van der Waals surface area contributed by atoms with Crippen LogP contribution in [0.3, 0.4) is 0 Å². The number of ether oxygens (including phenoxy) is 1. The second-order valence-electron chi connectivity index (χ2n) is 6.37. The molecule has 1 aliphatic heterocycles. The molecular weight excluding hydrogens is 370 g/mol. The number of benzene rings is 1. The van der Waals surface area contributed by atoms with Gasteiger partial charge in [0.1, 0.15) is 5.75 Å². The Bertz CT molecular complexity index is 715. The fourth-order valence-corrected chi connectivity index (χ4v) is 4.23. The van der Waals surface area contributed by atoms with Gasteiger partial charge in [-0.05, 0) is 56.6 Å². The molecule has 1 amide bonds. The molecule has 1 aliphatic rings. The Morgan fingerprint density at radius 2 is 1.93 bits per heavy atom. The minimum absolute atomic E-state index is 0.0707. The van der Waals surface area contributed by atoms with E-state index in [9.17, 15) is 13.2 Å². The molecule has 0 aromatic heterocycles. The fourth-order valence-electron chi connectivity index (χ4n) is 2.85. The number of amides is 1. The molecule has 1 heterocycles. The van der Waals surface area contributed by atoms with Crippen molar-refractivity contribution in [3.05, 3.63) is 36.9 Å². The lowest BCUT2D eigenvalue weighted by Gasteiger charge is -2.31. The molecule has 8 nitrogen and oxygen atoms in total. The van der Waals surface area contributed by atoms with Gasteiger partial charge in [-0.2, -0.15) is 4.31 Å².